The molecule has 1 rings (SSSR count). The third-order valence-electron chi connectivity index (χ3n) is 1.64. The molecule has 0 aliphatic carbocycles. The zero-order chi connectivity index (χ0) is 13.2. The number of H-pyrrole nitrogens is 1. The molecule has 0 atom stereocenters. The number of aromatic amines is 1. The van der Waals surface area contributed by atoms with Gasteiger partial charge in [-0.25, -0.2) is 8.78 Å². The quantitative estimate of drug-likeness (QED) is 0.847. The minimum absolute atomic E-state index is 0.360. The molecule has 0 saturated carbocycles. The fourth-order valence-electron chi connectivity index (χ4n) is 1.05. The van der Waals surface area contributed by atoms with Crippen LogP contribution < -0.4 is 15.0 Å². The maximum Gasteiger partial charge on any atom is 0.573 e. The lowest BCUT2D eigenvalue weighted by molar-refractivity contribution is -0.275. The Hall–Kier alpha value is -1.80. The molecule has 0 aliphatic heterocycles. The van der Waals surface area contributed by atoms with E-state index in [1.165, 1.54) is 0 Å². The Morgan fingerprint density at radius 2 is 1.94 bits per heavy atom. The van der Waals surface area contributed by atoms with E-state index in [1.54, 1.807) is 4.98 Å². The maximum atomic E-state index is 12.2. The van der Waals surface area contributed by atoms with Gasteiger partial charge >= 0.3 is 6.36 Å². The van der Waals surface area contributed by atoms with Gasteiger partial charge in [-0.15, -0.1) is 13.2 Å². The zero-order valence-electron chi connectivity index (χ0n) is 8.27. The van der Waals surface area contributed by atoms with Crippen molar-refractivity contribution < 1.29 is 31.4 Å². The van der Waals surface area contributed by atoms with Crippen LogP contribution in [0.15, 0.2) is 10.9 Å². The number of alkyl halides is 5. The molecule has 0 aliphatic rings. The van der Waals surface area contributed by atoms with Crippen LogP contribution >= 0.6 is 0 Å². The number of methoxy groups -OCH3 is 1. The van der Waals surface area contributed by atoms with Crippen molar-refractivity contribution in [3.05, 3.63) is 22.1 Å². The summed E-state index contributed by atoms with van der Waals surface area (Å²) in [6.07, 6.45) is -8.25. The van der Waals surface area contributed by atoms with Crippen molar-refractivity contribution in [3.63, 3.8) is 0 Å². The topological polar surface area (TPSA) is 51.3 Å². The van der Waals surface area contributed by atoms with Gasteiger partial charge in [-0.2, -0.15) is 0 Å². The van der Waals surface area contributed by atoms with Crippen LogP contribution in [0.3, 0.4) is 0 Å². The predicted octanol–water partition coefficient (Wildman–Crippen LogP) is 2.22. The van der Waals surface area contributed by atoms with Crippen LogP contribution in [0.2, 0.25) is 0 Å². The number of aromatic nitrogens is 1. The molecule has 0 radical (unpaired) electrons. The number of pyridine rings is 1. The Bertz CT molecular complexity index is 453. The van der Waals surface area contributed by atoms with Crippen molar-refractivity contribution in [1.29, 1.82) is 0 Å². The van der Waals surface area contributed by atoms with Crippen molar-refractivity contribution in [2.75, 3.05) is 7.11 Å². The molecule has 0 unspecified atom stereocenters. The Balaban J connectivity index is 3.29. The minimum Gasteiger partial charge on any atom is -0.488 e. The third kappa shape index (κ3) is 3.33. The second-order valence-corrected chi connectivity index (χ2v) is 2.80. The lowest BCUT2D eigenvalue weighted by Crippen LogP contribution is -2.21. The fraction of sp³-hybridized carbons (Fsp3) is 0.375. The second kappa shape index (κ2) is 4.60. The highest BCUT2D eigenvalue weighted by molar-refractivity contribution is 5.39. The number of hydrogen-bond acceptors (Lipinski definition) is 3. The van der Waals surface area contributed by atoms with Gasteiger partial charge in [-0.1, -0.05) is 0 Å². The highest BCUT2D eigenvalue weighted by Crippen LogP contribution is 2.31. The minimum atomic E-state index is -5.11. The van der Waals surface area contributed by atoms with Crippen LogP contribution in [0.25, 0.3) is 0 Å². The fourth-order valence-corrected chi connectivity index (χ4v) is 1.05. The summed E-state index contributed by atoms with van der Waals surface area (Å²) in [6, 6.07) is 0.360. The molecule has 1 aromatic rings. The average molecular weight is 259 g/mol. The van der Waals surface area contributed by atoms with E-state index in [0.717, 1.165) is 7.11 Å². The predicted molar refractivity (Wildman–Crippen MR) is 45.3 cm³/mol. The molecule has 0 fully saturated rings. The van der Waals surface area contributed by atoms with Crippen molar-refractivity contribution in [2.45, 2.75) is 12.8 Å². The van der Waals surface area contributed by atoms with Crippen LogP contribution in [0.4, 0.5) is 22.0 Å². The molecule has 9 heteroatoms. The number of nitrogens with one attached hydrogen (secondary N) is 1. The largest absolute Gasteiger partial charge is 0.573 e. The average Bonchev–Trinajstić information content (AvgIpc) is 2.14. The first-order chi connectivity index (χ1) is 7.74. The van der Waals surface area contributed by atoms with Gasteiger partial charge in [0.15, 0.2) is 5.75 Å². The summed E-state index contributed by atoms with van der Waals surface area (Å²) < 4.78 is 68.1. The van der Waals surface area contributed by atoms with E-state index in [0.29, 0.717) is 6.07 Å². The SMILES string of the molecule is COc1c(OC(F)(F)F)cc(C(F)F)[nH]c1=O. The highest BCUT2D eigenvalue weighted by Gasteiger charge is 2.33. The van der Waals surface area contributed by atoms with Gasteiger partial charge in [0, 0.05) is 6.07 Å². The van der Waals surface area contributed by atoms with Gasteiger partial charge < -0.3 is 14.5 Å². The third-order valence-corrected chi connectivity index (χ3v) is 1.64. The first-order valence-electron chi connectivity index (χ1n) is 4.09. The Morgan fingerprint density at radius 3 is 2.35 bits per heavy atom. The second-order valence-electron chi connectivity index (χ2n) is 2.80. The molecule has 17 heavy (non-hydrogen) atoms. The monoisotopic (exact) mass is 259 g/mol. The normalized spacial score (nSPS) is 11.7. The van der Waals surface area contributed by atoms with Gasteiger partial charge in [0.1, 0.15) is 0 Å². The van der Waals surface area contributed by atoms with Gasteiger partial charge in [0.2, 0.25) is 5.75 Å². The Morgan fingerprint density at radius 1 is 1.35 bits per heavy atom. The Labute approximate surface area is 91.0 Å². The van der Waals surface area contributed by atoms with Crippen LogP contribution in [-0.2, 0) is 0 Å². The standard InChI is InChI=1S/C8H6F5NO3/c1-16-5-4(17-8(11,12)13)2-3(6(9)10)14-7(5)15/h2,6H,1H3,(H,14,15). The van der Waals surface area contributed by atoms with E-state index in [4.69, 9.17) is 0 Å². The summed E-state index contributed by atoms with van der Waals surface area (Å²) in [5.41, 5.74) is -2.22. The number of ether oxygens (including phenoxy) is 2. The number of hydrogen-bond donors (Lipinski definition) is 1. The first kappa shape index (κ1) is 13.3. The van der Waals surface area contributed by atoms with Crippen LogP contribution in [0.5, 0.6) is 11.5 Å². The summed E-state index contributed by atoms with van der Waals surface area (Å²) in [6.45, 7) is 0. The highest BCUT2D eigenvalue weighted by atomic mass is 19.4. The molecule has 0 aromatic carbocycles. The number of rotatable bonds is 3. The van der Waals surface area contributed by atoms with Crippen molar-refractivity contribution in [2.24, 2.45) is 0 Å². The lowest BCUT2D eigenvalue weighted by atomic mass is 10.3. The molecule has 0 amide bonds. The molecule has 96 valence electrons. The van der Waals surface area contributed by atoms with Crippen LogP contribution in [0, 0.1) is 0 Å². The van der Waals surface area contributed by atoms with E-state index in [-0.39, 0.29) is 0 Å². The van der Waals surface area contributed by atoms with Crippen molar-refractivity contribution in [3.8, 4) is 11.5 Å². The summed E-state index contributed by atoms with van der Waals surface area (Å²) in [4.78, 5) is 12.8. The first-order valence-corrected chi connectivity index (χ1v) is 4.09. The van der Waals surface area contributed by atoms with E-state index in [9.17, 15) is 26.7 Å². The smallest absolute Gasteiger partial charge is 0.488 e. The van der Waals surface area contributed by atoms with E-state index in [1.807, 2.05) is 0 Å². The zero-order valence-corrected chi connectivity index (χ0v) is 8.27. The van der Waals surface area contributed by atoms with Gasteiger partial charge in [-0.05, 0) is 0 Å². The molecule has 0 bridgehead atoms. The molecule has 1 aromatic heterocycles. The van der Waals surface area contributed by atoms with Crippen molar-refractivity contribution in [1.82, 2.24) is 4.98 Å². The van der Waals surface area contributed by atoms with Gasteiger partial charge in [0.25, 0.3) is 12.0 Å². The lowest BCUT2D eigenvalue weighted by Gasteiger charge is -2.12. The van der Waals surface area contributed by atoms with Gasteiger partial charge in [-0.3, -0.25) is 4.79 Å². The molecule has 1 heterocycles. The summed E-state index contributed by atoms with van der Waals surface area (Å²) in [5.74, 6) is -1.94. The van der Waals surface area contributed by atoms with E-state index < -0.39 is 35.5 Å². The molecular weight excluding hydrogens is 253 g/mol. The van der Waals surface area contributed by atoms with E-state index >= 15 is 0 Å². The summed E-state index contributed by atoms with van der Waals surface area (Å²) in [7, 11) is 0.913. The summed E-state index contributed by atoms with van der Waals surface area (Å²) in [5, 5.41) is 0. The maximum absolute atomic E-state index is 12.2. The van der Waals surface area contributed by atoms with Crippen molar-refractivity contribution >= 4 is 0 Å². The van der Waals surface area contributed by atoms with Gasteiger partial charge in [0.05, 0.1) is 12.8 Å². The van der Waals surface area contributed by atoms with Crippen LogP contribution in [0.1, 0.15) is 12.1 Å². The molecule has 0 spiro atoms. The van der Waals surface area contributed by atoms with Crippen LogP contribution in [-0.4, -0.2) is 18.5 Å². The molecule has 1 N–H and O–H groups in total. The Kier molecular flexibility index (Phi) is 3.59. The summed E-state index contributed by atoms with van der Waals surface area (Å²) >= 11 is 0. The number of halogens is 5. The molecular formula is C8H6F5NO3. The molecule has 4 nitrogen and oxygen atoms in total. The molecule has 0 saturated heterocycles. The van der Waals surface area contributed by atoms with E-state index in [2.05, 4.69) is 9.47 Å².